The van der Waals surface area contributed by atoms with Crippen LogP contribution in [0.1, 0.15) is 34.3 Å². The van der Waals surface area contributed by atoms with Gasteiger partial charge in [-0.1, -0.05) is 36.0 Å². The van der Waals surface area contributed by atoms with Gasteiger partial charge in [-0.3, -0.25) is 9.59 Å². The van der Waals surface area contributed by atoms with Crippen LogP contribution in [0.4, 0.5) is 0 Å². The summed E-state index contributed by atoms with van der Waals surface area (Å²) in [5.41, 5.74) is 7.87. The molecular formula is C17H15NO2S. The molecule has 0 bridgehead atoms. The Balaban J connectivity index is 2.06. The van der Waals surface area contributed by atoms with Gasteiger partial charge < -0.3 is 5.73 Å². The Kier molecular flexibility index (Phi) is 3.55. The summed E-state index contributed by atoms with van der Waals surface area (Å²) < 4.78 is 0. The van der Waals surface area contributed by atoms with Crippen molar-refractivity contribution in [1.82, 2.24) is 0 Å². The average molecular weight is 297 g/mol. The first kappa shape index (κ1) is 13.9. The SMILES string of the molecule is CC(C(N)=O)c1ccc2c(c1)C(=O)Cc1ccccc1S2. The van der Waals surface area contributed by atoms with Crippen LogP contribution in [0.15, 0.2) is 52.3 Å². The van der Waals surface area contributed by atoms with E-state index in [1.807, 2.05) is 42.5 Å². The highest BCUT2D eigenvalue weighted by molar-refractivity contribution is 7.99. The van der Waals surface area contributed by atoms with E-state index in [9.17, 15) is 9.59 Å². The second kappa shape index (κ2) is 5.37. The van der Waals surface area contributed by atoms with Crippen molar-refractivity contribution in [2.75, 3.05) is 0 Å². The molecule has 1 atom stereocenters. The van der Waals surface area contributed by atoms with Gasteiger partial charge >= 0.3 is 0 Å². The van der Waals surface area contributed by atoms with Crippen molar-refractivity contribution in [3.05, 3.63) is 59.2 Å². The second-order valence-corrected chi connectivity index (χ2v) is 6.27. The van der Waals surface area contributed by atoms with Crippen molar-refractivity contribution in [3.63, 3.8) is 0 Å². The Morgan fingerprint density at radius 2 is 1.95 bits per heavy atom. The molecule has 0 aliphatic carbocycles. The Hall–Kier alpha value is -2.07. The van der Waals surface area contributed by atoms with Gasteiger partial charge in [0.25, 0.3) is 0 Å². The number of rotatable bonds is 2. The summed E-state index contributed by atoms with van der Waals surface area (Å²) in [6, 6.07) is 13.5. The maximum atomic E-state index is 12.5. The quantitative estimate of drug-likeness (QED) is 0.926. The monoisotopic (exact) mass is 297 g/mol. The smallest absolute Gasteiger partial charge is 0.224 e. The molecule has 3 nitrogen and oxygen atoms in total. The molecule has 2 aromatic carbocycles. The number of carbonyl (C=O) groups excluding carboxylic acids is 2. The Morgan fingerprint density at radius 3 is 2.71 bits per heavy atom. The molecule has 2 aromatic rings. The molecule has 0 radical (unpaired) electrons. The zero-order valence-electron chi connectivity index (χ0n) is 11.6. The van der Waals surface area contributed by atoms with E-state index < -0.39 is 5.92 Å². The van der Waals surface area contributed by atoms with Crippen LogP contribution in [0.2, 0.25) is 0 Å². The van der Waals surface area contributed by atoms with Crippen LogP contribution in [0.25, 0.3) is 0 Å². The van der Waals surface area contributed by atoms with Gasteiger partial charge in [-0.15, -0.1) is 0 Å². The van der Waals surface area contributed by atoms with Gasteiger partial charge in [-0.05, 0) is 36.2 Å². The van der Waals surface area contributed by atoms with Gasteiger partial charge in [0.2, 0.25) is 5.91 Å². The van der Waals surface area contributed by atoms with Crippen LogP contribution in [0, 0.1) is 0 Å². The maximum absolute atomic E-state index is 12.5. The van der Waals surface area contributed by atoms with Crippen molar-refractivity contribution < 1.29 is 9.59 Å². The summed E-state index contributed by atoms with van der Waals surface area (Å²) in [6.45, 7) is 1.76. The van der Waals surface area contributed by atoms with E-state index in [-0.39, 0.29) is 11.7 Å². The number of hydrogen-bond acceptors (Lipinski definition) is 3. The summed E-state index contributed by atoms with van der Waals surface area (Å²) in [5.74, 6) is -0.688. The van der Waals surface area contributed by atoms with E-state index in [4.69, 9.17) is 5.73 Å². The van der Waals surface area contributed by atoms with Gasteiger partial charge in [0.15, 0.2) is 5.78 Å². The van der Waals surface area contributed by atoms with E-state index in [2.05, 4.69) is 0 Å². The first-order chi connectivity index (χ1) is 10.1. The Morgan fingerprint density at radius 1 is 1.19 bits per heavy atom. The van der Waals surface area contributed by atoms with E-state index >= 15 is 0 Å². The van der Waals surface area contributed by atoms with Crippen LogP contribution in [-0.4, -0.2) is 11.7 Å². The predicted molar refractivity (Wildman–Crippen MR) is 82.7 cm³/mol. The minimum atomic E-state index is -0.390. The molecule has 1 unspecified atom stereocenters. The molecule has 1 aliphatic rings. The van der Waals surface area contributed by atoms with Crippen LogP contribution in [0.3, 0.4) is 0 Å². The van der Waals surface area contributed by atoms with Crippen LogP contribution < -0.4 is 5.73 Å². The zero-order valence-corrected chi connectivity index (χ0v) is 12.4. The highest BCUT2D eigenvalue weighted by Crippen LogP contribution is 2.37. The molecule has 21 heavy (non-hydrogen) atoms. The molecule has 2 N–H and O–H groups in total. The van der Waals surface area contributed by atoms with Crippen LogP contribution in [-0.2, 0) is 11.2 Å². The number of primary amides is 1. The number of benzene rings is 2. The number of fused-ring (bicyclic) bond motifs is 2. The standard InChI is InChI=1S/C17H15NO2S/c1-10(17(18)20)11-6-7-16-13(8-11)14(19)9-12-4-2-3-5-15(12)21-16/h2-8,10H,9H2,1H3,(H2,18,20). The predicted octanol–water partition coefficient (Wildman–Crippen LogP) is 3.17. The molecule has 106 valence electrons. The average Bonchev–Trinajstić information content (AvgIpc) is 2.62. The number of Topliss-reactive ketones (excluding diaryl/α,β-unsaturated/α-hetero) is 1. The number of ketones is 1. The number of hydrogen-bond donors (Lipinski definition) is 1. The molecule has 3 rings (SSSR count). The fourth-order valence-corrected chi connectivity index (χ4v) is 3.50. The molecule has 0 fully saturated rings. The molecule has 0 spiro atoms. The Labute approximate surface area is 127 Å². The number of carbonyl (C=O) groups is 2. The third-order valence-electron chi connectivity index (χ3n) is 3.77. The number of amides is 1. The van der Waals surface area contributed by atoms with Crippen LogP contribution >= 0.6 is 11.8 Å². The fourth-order valence-electron chi connectivity index (χ4n) is 2.42. The summed E-state index contributed by atoms with van der Waals surface area (Å²) in [4.78, 5) is 25.9. The van der Waals surface area contributed by atoms with E-state index in [0.717, 1.165) is 20.9 Å². The van der Waals surface area contributed by atoms with Gasteiger partial charge in [-0.25, -0.2) is 0 Å². The largest absolute Gasteiger partial charge is 0.369 e. The van der Waals surface area contributed by atoms with E-state index in [1.54, 1.807) is 18.7 Å². The first-order valence-electron chi connectivity index (χ1n) is 6.78. The van der Waals surface area contributed by atoms with E-state index in [0.29, 0.717) is 12.0 Å². The molecule has 1 aliphatic heterocycles. The summed E-state index contributed by atoms with van der Waals surface area (Å²) in [7, 11) is 0. The normalized spacial score (nSPS) is 14.8. The van der Waals surface area contributed by atoms with Gasteiger partial charge in [0.05, 0.1) is 5.92 Å². The maximum Gasteiger partial charge on any atom is 0.224 e. The molecule has 0 saturated heterocycles. The molecule has 1 heterocycles. The van der Waals surface area contributed by atoms with E-state index in [1.165, 1.54) is 0 Å². The summed E-state index contributed by atoms with van der Waals surface area (Å²) >= 11 is 1.60. The van der Waals surface area contributed by atoms with Crippen molar-refractivity contribution in [2.45, 2.75) is 29.1 Å². The third-order valence-corrected chi connectivity index (χ3v) is 4.97. The molecule has 4 heteroatoms. The van der Waals surface area contributed by atoms with Crippen LogP contribution in [0.5, 0.6) is 0 Å². The molecule has 0 aromatic heterocycles. The van der Waals surface area contributed by atoms with Crippen molar-refractivity contribution in [1.29, 1.82) is 0 Å². The summed E-state index contributed by atoms with van der Waals surface area (Å²) in [6.07, 6.45) is 0.393. The first-order valence-corrected chi connectivity index (χ1v) is 7.60. The zero-order chi connectivity index (χ0) is 15.0. The van der Waals surface area contributed by atoms with Gasteiger partial charge in [-0.2, -0.15) is 0 Å². The Bertz CT molecular complexity index is 739. The molecular weight excluding hydrogens is 282 g/mol. The third kappa shape index (κ3) is 2.59. The lowest BCUT2D eigenvalue weighted by molar-refractivity contribution is -0.119. The molecule has 1 amide bonds. The fraction of sp³-hybridized carbons (Fsp3) is 0.176. The highest BCUT2D eigenvalue weighted by atomic mass is 32.2. The minimum Gasteiger partial charge on any atom is -0.369 e. The second-order valence-electron chi connectivity index (χ2n) is 5.19. The van der Waals surface area contributed by atoms with Gasteiger partial charge in [0, 0.05) is 21.8 Å². The van der Waals surface area contributed by atoms with Gasteiger partial charge in [0.1, 0.15) is 0 Å². The lowest BCUT2D eigenvalue weighted by Gasteiger charge is -2.11. The van der Waals surface area contributed by atoms with Crippen molar-refractivity contribution >= 4 is 23.5 Å². The number of nitrogens with two attached hydrogens (primary N) is 1. The highest BCUT2D eigenvalue weighted by Gasteiger charge is 2.22. The van der Waals surface area contributed by atoms with Crippen molar-refractivity contribution in [3.8, 4) is 0 Å². The minimum absolute atomic E-state index is 0.0842. The lowest BCUT2D eigenvalue weighted by atomic mass is 9.95. The lowest BCUT2D eigenvalue weighted by Crippen LogP contribution is -2.19. The topological polar surface area (TPSA) is 60.2 Å². The molecule has 0 saturated carbocycles. The summed E-state index contributed by atoms with van der Waals surface area (Å²) in [5, 5.41) is 0. The van der Waals surface area contributed by atoms with Crippen molar-refractivity contribution in [2.24, 2.45) is 5.73 Å².